The normalized spacial score (nSPS) is 10.4. The Kier molecular flexibility index (Phi) is 4.77. The molecule has 4 heteroatoms. The van der Waals surface area contributed by atoms with Gasteiger partial charge in [-0.25, -0.2) is 4.98 Å². The molecule has 2 rings (SSSR count). The average Bonchev–Trinajstić information content (AvgIpc) is 2.59. The summed E-state index contributed by atoms with van der Waals surface area (Å²) in [5.41, 5.74) is 2.25. The van der Waals surface area contributed by atoms with E-state index in [1.807, 2.05) is 18.2 Å². The Balaban J connectivity index is 0.00000128. The van der Waals surface area contributed by atoms with Gasteiger partial charge in [0, 0.05) is 13.7 Å². The van der Waals surface area contributed by atoms with Crippen molar-refractivity contribution in [2.75, 3.05) is 7.11 Å². The second-order valence-corrected chi connectivity index (χ2v) is 3.60. The molecule has 1 aromatic heterocycles. The Hall–Kier alpha value is -1.06. The van der Waals surface area contributed by atoms with Gasteiger partial charge in [0.25, 0.3) is 0 Å². The Labute approximate surface area is 102 Å². The molecule has 0 N–H and O–H groups in total. The summed E-state index contributed by atoms with van der Waals surface area (Å²) in [7, 11) is 1.70. The van der Waals surface area contributed by atoms with E-state index in [-0.39, 0.29) is 12.4 Å². The lowest BCUT2D eigenvalue weighted by Crippen LogP contribution is -2.04. The number of rotatable bonds is 4. The first-order chi connectivity index (χ1) is 7.36. The number of hydrogen-bond acceptors (Lipinski definition) is 2. The quantitative estimate of drug-likeness (QED) is 0.822. The lowest BCUT2D eigenvalue weighted by Gasteiger charge is -2.06. The number of nitrogens with zero attached hydrogens (tertiary/aromatic N) is 2. The number of benzene rings is 1. The highest BCUT2D eigenvalue weighted by Gasteiger charge is 2.08. The van der Waals surface area contributed by atoms with Crippen molar-refractivity contribution in [3.63, 3.8) is 0 Å². The number of imidazole rings is 1. The standard InChI is InChI=1S/C12H16N2O.ClH/c1-3-8-14-11-7-5-4-6-10(11)13-12(14)9-15-2;/h4-7H,3,8-9H2,1-2H3;1H. The minimum Gasteiger partial charge on any atom is -0.377 e. The minimum absolute atomic E-state index is 0. The lowest BCUT2D eigenvalue weighted by molar-refractivity contribution is 0.174. The van der Waals surface area contributed by atoms with Crippen LogP contribution in [0.4, 0.5) is 0 Å². The van der Waals surface area contributed by atoms with Gasteiger partial charge in [-0.2, -0.15) is 0 Å². The van der Waals surface area contributed by atoms with Crippen molar-refractivity contribution in [3.05, 3.63) is 30.1 Å². The van der Waals surface area contributed by atoms with E-state index in [0.29, 0.717) is 6.61 Å². The maximum absolute atomic E-state index is 5.16. The zero-order valence-electron chi connectivity index (χ0n) is 9.64. The van der Waals surface area contributed by atoms with Crippen LogP contribution in [0, 0.1) is 0 Å². The fourth-order valence-corrected chi connectivity index (χ4v) is 1.84. The molecule has 3 nitrogen and oxygen atoms in total. The van der Waals surface area contributed by atoms with E-state index < -0.39 is 0 Å². The summed E-state index contributed by atoms with van der Waals surface area (Å²) in [5, 5.41) is 0. The zero-order chi connectivity index (χ0) is 10.7. The van der Waals surface area contributed by atoms with Crippen LogP contribution in [0.5, 0.6) is 0 Å². The number of aromatic nitrogens is 2. The molecule has 0 radical (unpaired) electrons. The molecule has 0 amide bonds. The highest BCUT2D eigenvalue weighted by atomic mass is 35.5. The Morgan fingerprint density at radius 3 is 2.75 bits per heavy atom. The van der Waals surface area contributed by atoms with Crippen LogP contribution in [-0.4, -0.2) is 16.7 Å². The average molecular weight is 241 g/mol. The molecule has 0 atom stereocenters. The topological polar surface area (TPSA) is 27.1 Å². The maximum atomic E-state index is 5.16. The third-order valence-corrected chi connectivity index (χ3v) is 2.45. The number of halogens is 1. The van der Waals surface area contributed by atoms with Crippen LogP contribution in [-0.2, 0) is 17.9 Å². The van der Waals surface area contributed by atoms with E-state index >= 15 is 0 Å². The van der Waals surface area contributed by atoms with Gasteiger partial charge in [0.05, 0.1) is 11.0 Å². The maximum Gasteiger partial charge on any atom is 0.135 e. The molecule has 16 heavy (non-hydrogen) atoms. The van der Waals surface area contributed by atoms with E-state index in [1.54, 1.807) is 7.11 Å². The smallest absolute Gasteiger partial charge is 0.135 e. The highest BCUT2D eigenvalue weighted by Crippen LogP contribution is 2.16. The van der Waals surface area contributed by atoms with E-state index in [9.17, 15) is 0 Å². The van der Waals surface area contributed by atoms with Gasteiger partial charge in [-0.05, 0) is 18.6 Å². The van der Waals surface area contributed by atoms with E-state index in [4.69, 9.17) is 4.74 Å². The second kappa shape index (κ2) is 5.87. The van der Waals surface area contributed by atoms with Crippen LogP contribution in [0.15, 0.2) is 24.3 Å². The van der Waals surface area contributed by atoms with Crippen molar-refractivity contribution in [1.29, 1.82) is 0 Å². The van der Waals surface area contributed by atoms with Crippen LogP contribution in [0.2, 0.25) is 0 Å². The summed E-state index contributed by atoms with van der Waals surface area (Å²) < 4.78 is 7.40. The summed E-state index contributed by atoms with van der Waals surface area (Å²) >= 11 is 0. The third kappa shape index (κ3) is 2.36. The van der Waals surface area contributed by atoms with Crippen molar-refractivity contribution < 1.29 is 4.74 Å². The first-order valence-electron chi connectivity index (χ1n) is 5.30. The first-order valence-corrected chi connectivity index (χ1v) is 5.30. The van der Waals surface area contributed by atoms with Crippen LogP contribution in [0.1, 0.15) is 19.2 Å². The summed E-state index contributed by atoms with van der Waals surface area (Å²) in [6.45, 7) is 3.75. The number of para-hydroxylation sites is 2. The van der Waals surface area contributed by atoms with Gasteiger partial charge >= 0.3 is 0 Å². The van der Waals surface area contributed by atoms with Gasteiger partial charge in [-0.1, -0.05) is 19.1 Å². The second-order valence-electron chi connectivity index (χ2n) is 3.60. The van der Waals surface area contributed by atoms with Crippen LogP contribution >= 0.6 is 12.4 Å². The summed E-state index contributed by atoms with van der Waals surface area (Å²) in [4.78, 5) is 4.56. The van der Waals surface area contributed by atoms with Crippen LogP contribution < -0.4 is 0 Å². The molecule has 2 aromatic rings. The van der Waals surface area contributed by atoms with Crippen molar-refractivity contribution in [3.8, 4) is 0 Å². The molecule has 88 valence electrons. The molecule has 0 saturated heterocycles. The molecular weight excluding hydrogens is 224 g/mol. The SMILES string of the molecule is CCCn1c(COC)nc2ccccc21.Cl. The molecule has 0 spiro atoms. The number of fused-ring (bicyclic) bond motifs is 1. The third-order valence-electron chi connectivity index (χ3n) is 2.45. The van der Waals surface area contributed by atoms with Crippen LogP contribution in [0.25, 0.3) is 11.0 Å². The van der Waals surface area contributed by atoms with Gasteiger partial charge in [-0.3, -0.25) is 0 Å². The van der Waals surface area contributed by atoms with Crippen molar-refractivity contribution in [2.45, 2.75) is 26.5 Å². The predicted molar refractivity (Wildman–Crippen MR) is 68.0 cm³/mol. The highest BCUT2D eigenvalue weighted by molar-refractivity contribution is 5.85. The van der Waals surface area contributed by atoms with Crippen molar-refractivity contribution >= 4 is 23.4 Å². The number of ether oxygens (including phenoxy) is 1. The number of methoxy groups -OCH3 is 1. The fraction of sp³-hybridized carbons (Fsp3) is 0.417. The van der Waals surface area contributed by atoms with E-state index in [1.165, 1.54) is 5.52 Å². The van der Waals surface area contributed by atoms with Gasteiger partial charge in [-0.15, -0.1) is 12.4 Å². The molecule has 0 fully saturated rings. The molecule has 1 aromatic carbocycles. The summed E-state index contributed by atoms with van der Waals surface area (Å²) in [6, 6.07) is 8.22. The van der Waals surface area contributed by atoms with Gasteiger partial charge < -0.3 is 9.30 Å². The van der Waals surface area contributed by atoms with Crippen molar-refractivity contribution in [1.82, 2.24) is 9.55 Å². The summed E-state index contributed by atoms with van der Waals surface area (Å²) in [6.07, 6.45) is 1.11. The lowest BCUT2D eigenvalue weighted by atomic mass is 10.3. The largest absolute Gasteiger partial charge is 0.377 e. The molecule has 0 unspecified atom stereocenters. The van der Waals surface area contributed by atoms with Gasteiger partial charge in [0.15, 0.2) is 0 Å². The van der Waals surface area contributed by atoms with Gasteiger partial charge in [0.2, 0.25) is 0 Å². The fourth-order valence-electron chi connectivity index (χ4n) is 1.84. The minimum atomic E-state index is 0. The molecule has 0 saturated carbocycles. The molecule has 0 aliphatic heterocycles. The molecular formula is C12H17ClN2O. The zero-order valence-corrected chi connectivity index (χ0v) is 10.5. The molecule has 0 aliphatic carbocycles. The van der Waals surface area contributed by atoms with E-state index in [2.05, 4.69) is 22.5 Å². The Bertz CT molecular complexity index is 453. The van der Waals surface area contributed by atoms with Crippen LogP contribution in [0.3, 0.4) is 0 Å². The van der Waals surface area contributed by atoms with Gasteiger partial charge in [0.1, 0.15) is 12.4 Å². The Morgan fingerprint density at radius 2 is 2.06 bits per heavy atom. The predicted octanol–water partition coefficient (Wildman–Crippen LogP) is 3.01. The monoisotopic (exact) mass is 240 g/mol. The number of hydrogen-bond donors (Lipinski definition) is 0. The van der Waals surface area contributed by atoms with Crippen molar-refractivity contribution in [2.24, 2.45) is 0 Å². The molecule has 1 heterocycles. The van der Waals surface area contributed by atoms with E-state index in [0.717, 1.165) is 24.3 Å². The Morgan fingerprint density at radius 1 is 1.31 bits per heavy atom. The first kappa shape index (κ1) is 13.0. The molecule has 0 aliphatic rings. The molecule has 0 bridgehead atoms. The summed E-state index contributed by atoms with van der Waals surface area (Å²) in [5.74, 6) is 1.01. The number of aryl methyl sites for hydroxylation is 1.